The molecule has 0 spiro atoms. The van der Waals surface area contributed by atoms with E-state index in [0.29, 0.717) is 11.4 Å². The first-order valence-electron chi connectivity index (χ1n) is 6.89. The van der Waals surface area contributed by atoms with Crippen LogP contribution in [0, 0.1) is 9.49 Å². The number of hydrogen-bond donors (Lipinski definition) is 2. The van der Waals surface area contributed by atoms with E-state index in [0.717, 1.165) is 29.3 Å². The maximum atomic E-state index is 12.6. The first-order valence-corrected chi connectivity index (χ1v) is 9.45. The van der Waals surface area contributed by atoms with Gasteiger partial charge in [-0.2, -0.15) is 0 Å². The third-order valence-electron chi connectivity index (χ3n) is 4.28. The van der Waals surface area contributed by atoms with Crippen LogP contribution < -0.4 is 10.5 Å². The number of benzene rings is 1. The van der Waals surface area contributed by atoms with Gasteiger partial charge in [0, 0.05) is 15.7 Å². The molecule has 2 atom stereocenters. The summed E-state index contributed by atoms with van der Waals surface area (Å²) < 4.78 is 29.0. The highest BCUT2D eigenvalue weighted by molar-refractivity contribution is 14.1. The zero-order valence-electron chi connectivity index (χ0n) is 11.6. The van der Waals surface area contributed by atoms with Gasteiger partial charge in [-0.15, -0.1) is 0 Å². The highest BCUT2D eigenvalue weighted by atomic mass is 127. The number of halogens is 1. The van der Waals surface area contributed by atoms with E-state index in [2.05, 4.69) is 34.2 Å². The number of rotatable bonds is 4. The molecular weight excluding hydrogens is 387 g/mol. The molecular formula is C14H21IN2O2S. The summed E-state index contributed by atoms with van der Waals surface area (Å²) in [4.78, 5) is 0.309. The van der Waals surface area contributed by atoms with Crippen LogP contribution in [-0.2, 0) is 10.0 Å². The van der Waals surface area contributed by atoms with Crippen molar-refractivity contribution in [3.05, 3.63) is 27.8 Å². The van der Waals surface area contributed by atoms with Crippen molar-refractivity contribution in [1.29, 1.82) is 0 Å². The Labute approximate surface area is 134 Å². The lowest BCUT2D eigenvalue weighted by molar-refractivity contribution is 0.191. The molecule has 1 aliphatic carbocycles. The highest BCUT2D eigenvalue weighted by Gasteiger charge is 2.40. The fourth-order valence-electron chi connectivity index (χ4n) is 2.85. The Morgan fingerprint density at radius 2 is 2.00 bits per heavy atom. The summed E-state index contributed by atoms with van der Waals surface area (Å²) in [6.45, 7) is 2.43. The van der Waals surface area contributed by atoms with Crippen LogP contribution in [0.5, 0.6) is 0 Å². The summed E-state index contributed by atoms with van der Waals surface area (Å²) in [6, 6.07) is 6.88. The maximum absolute atomic E-state index is 12.6. The summed E-state index contributed by atoms with van der Waals surface area (Å²) in [5, 5.41) is 0. The lowest BCUT2D eigenvalue weighted by Gasteiger charge is -2.42. The van der Waals surface area contributed by atoms with Gasteiger partial charge in [0.15, 0.2) is 0 Å². The van der Waals surface area contributed by atoms with Crippen molar-refractivity contribution in [3.8, 4) is 0 Å². The van der Waals surface area contributed by atoms with Crippen LogP contribution in [0.4, 0.5) is 0 Å². The number of hydrogen-bond acceptors (Lipinski definition) is 3. The molecule has 0 aliphatic heterocycles. The summed E-state index contributed by atoms with van der Waals surface area (Å²) >= 11 is 2.16. The normalized spacial score (nSPS) is 27.4. The molecule has 3 N–H and O–H groups in total. The molecule has 0 aromatic heterocycles. The molecule has 1 saturated carbocycles. The smallest absolute Gasteiger partial charge is 0.241 e. The molecule has 0 heterocycles. The zero-order valence-corrected chi connectivity index (χ0v) is 14.6. The van der Waals surface area contributed by atoms with Gasteiger partial charge in [0.05, 0.1) is 4.90 Å². The molecule has 0 amide bonds. The quantitative estimate of drug-likeness (QED) is 0.752. The maximum Gasteiger partial charge on any atom is 0.241 e. The minimum Gasteiger partial charge on any atom is -0.329 e. The Bertz CT molecular complexity index is 559. The Morgan fingerprint density at radius 1 is 1.35 bits per heavy atom. The molecule has 1 aliphatic rings. The Morgan fingerprint density at radius 3 is 2.55 bits per heavy atom. The molecule has 1 aromatic carbocycles. The van der Waals surface area contributed by atoms with E-state index < -0.39 is 15.6 Å². The average Bonchev–Trinajstić information content (AvgIpc) is 2.42. The molecule has 20 heavy (non-hydrogen) atoms. The summed E-state index contributed by atoms with van der Waals surface area (Å²) in [5.74, 6) is 0.264. The van der Waals surface area contributed by atoms with Crippen LogP contribution in [0.25, 0.3) is 0 Å². The molecule has 0 radical (unpaired) electrons. The van der Waals surface area contributed by atoms with Gasteiger partial charge in [-0.05, 0) is 65.6 Å². The van der Waals surface area contributed by atoms with Gasteiger partial charge in [0.1, 0.15) is 0 Å². The lowest BCUT2D eigenvalue weighted by atomic mass is 9.74. The van der Waals surface area contributed by atoms with Gasteiger partial charge in [-0.3, -0.25) is 0 Å². The standard InChI is InChI=1S/C14H21IN2O2S/c1-11-4-2-3-9-14(11,10-16)17-20(18,19)13-7-5-12(15)6-8-13/h5-8,11,17H,2-4,9-10,16H2,1H3. The third-order valence-corrected chi connectivity index (χ3v) is 6.57. The first-order chi connectivity index (χ1) is 9.39. The zero-order chi connectivity index (χ0) is 14.8. The van der Waals surface area contributed by atoms with Crippen molar-refractivity contribution in [3.63, 3.8) is 0 Å². The second-order valence-corrected chi connectivity index (χ2v) is 8.49. The molecule has 1 fully saturated rings. The number of sulfonamides is 1. The van der Waals surface area contributed by atoms with Gasteiger partial charge in [0.25, 0.3) is 0 Å². The predicted octanol–water partition coefficient (Wildman–Crippen LogP) is 2.48. The number of nitrogens with one attached hydrogen (secondary N) is 1. The Kier molecular flexibility index (Phi) is 5.09. The summed E-state index contributed by atoms with van der Waals surface area (Å²) in [7, 11) is -3.51. The van der Waals surface area contributed by atoms with E-state index in [1.54, 1.807) is 24.3 Å². The van der Waals surface area contributed by atoms with Crippen molar-refractivity contribution >= 4 is 32.6 Å². The number of nitrogens with two attached hydrogens (primary N) is 1. The Balaban J connectivity index is 2.28. The van der Waals surface area contributed by atoms with Crippen LogP contribution in [0.1, 0.15) is 32.6 Å². The minimum atomic E-state index is -3.51. The van der Waals surface area contributed by atoms with Gasteiger partial charge in [0.2, 0.25) is 10.0 Å². The van der Waals surface area contributed by atoms with E-state index in [-0.39, 0.29) is 5.92 Å². The second-order valence-electron chi connectivity index (χ2n) is 5.57. The van der Waals surface area contributed by atoms with Gasteiger partial charge in [-0.25, -0.2) is 13.1 Å². The van der Waals surface area contributed by atoms with E-state index in [1.807, 2.05) is 0 Å². The highest BCUT2D eigenvalue weighted by Crippen LogP contribution is 2.34. The van der Waals surface area contributed by atoms with Gasteiger partial charge >= 0.3 is 0 Å². The van der Waals surface area contributed by atoms with E-state index in [1.165, 1.54) is 0 Å². The van der Waals surface area contributed by atoms with Crippen molar-refractivity contribution in [2.45, 2.75) is 43.0 Å². The molecule has 4 nitrogen and oxygen atoms in total. The van der Waals surface area contributed by atoms with Crippen molar-refractivity contribution in [2.75, 3.05) is 6.54 Å². The van der Waals surface area contributed by atoms with Gasteiger partial charge in [-0.1, -0.05) is 19.8 Å². The predicted molar refractivity (Wildman–Crippen MR) is 88.9 cm³/mol. The second kappa shape index (κ2) is 6.29. The van der Waals surface area contributed by atoms with Crippen LogP contribution in [-0.4, -0.2) is 20.5 Å². The van der Waals surface area contributed by atoms with E-state index in [4.69, 9.17) is 5.73 Å². The molecule has 0 saturated heterocycles. The topological polar surface area (TPSA) is 72.2 Å². The summed E-state index contributed by atoms with van der Waals surface area (Å²) in [6.07, 6.45) is 4.01. The lowest BCUT2D eigenvalue weighted by Crippen LogP contribution is -2.58. The van der Waals surface area contributed by atoms with Crippen LogP contribution in [0.2, 0.25) is 0 Å². The molecule has 2 unspecified atom stereocenters. The molecule has 6 heteroatoms. The molecule has 1 aromatic rings. The van der Waals surface area contributed by atoms with Crippen LogP contribution >= 0.6 is 22.6 Å². The van der Waals surface area contributed by atoms with Crippen LogP contribution in [0.3, 0.4) is 0 Å². The Hall–Kier alpha value is -0.180. The van der Waals surface area contributed by atoms with Crippen LogP contribution in [0.15, 0.2) is 29.2 Å². The monoisotopic (exact) mass is 408 g/mol. The van der Waals surface area contributed by atoms with Crippen molar-refractivity contribution in [2.24, 2.45) is 11.7 Å². The molecule has 0 bridgehead atoms. The van der Waals surface area contributed by atoms with E-state index >= 15 is 0 Å². The molecule has 2 rings (SSSR count). The first kappa shape index (κ1) is 16.2. The minimum absolute atomic E-state index is 0.264. The SMILES string of the molecule is CC1CCCCC1(CN)NS(=O)(=O)c1ccc(I)cc1. The molecule has 112 valence electrons. The van der Waals surface area contributed by atoms with Gasteiger partial charge < -0.3 is 5.73 Å². The van der Waals surface area contributed by atoms with Crippen molar-refractivity contribution < 1.29 is 8.42 Å². The average molecular weight is 408 g/mol. The fraction of sp³-hybridized carbons (Fsp3) is 0.571. The van der Waals surface area contributed by atoms with E-state index in [9.17, 15) is 8.42 Å². The summed E-state index contributed by atoms with van der Waals surface area (Å²) in [5.41, 5.74) is 5.41. The third kappa shape index (κ3) is 3.35. The fourth-order valence-corrected chi connectivity index (χ4v) is 4.74. The van der Waals surface area contributed by atoms with Crippen molar-refractivity contribution in [1.82, 2.24) is 4.72 Å². The largest absolute Gasteiger partial charge is 0.329 e.